The van der Waals surface area contributed by atoms with Gasteiger partial charge in [0, 0.05) is 37.7 Å². The Morgan fingerprint density at radius 3 is 2.67 bits per heavy atom. The Labute approximate surface area is 159 Å². The summed E-state index contributed by atoms with van der Waals surface area (Å²) in [5, 5.41) is 9.62. The second-order valence-electron chi connectivity index (χ2n) is 7.34. The van der Waals surface area contributed by atoms with Crippen LogP contribution in [0.3, 0.4) is 0 Å². The van der Waals surface area contributed by atoms with Crippen LogP contribution in [0.5, 0.6) is 11.5 Å². The number of aromatic nitrogens is 1. The van der Waals surface area contributed by atoms with E-state index in [1.54, 1.807) is 25.1 Å². The first-order valence-electron chi connectivity index (χ1n) is 8.68. The van der Waals surface area contributed by atoms with Gasteiger partial charge in [-0.05, 0) is 36.1 Å². The van der Waals surface area contributed by atoms with Gasteiger partial charge in [0.1, 0.15) is 11.5 Å². The van der Waals surface area contributed by atoms with Crippen LogP contribution in [-0.4, -0.2) is 34.2 Å². The van der Waals surface area contributed by atoms with E-state index in [1.165, 1.54) is 17.2 Å². The second-order valence-corrected chi connectivity index (χ2v) is 7.78. The summed E-state index contributed by atoms with van der Waals surface area (Å²) < 4.78 is 26.8. The van der Waals surface area contributed by atoms with E-state index in [-0.39, 0.29) is 23.6 Å². The Bertz CT molecular complexity index is 941. The molecule has 1 saturated carbocycles. The molecule has 2 unspecified atom stereocenters. The lowest BCUT2D eigenvalue weighted by atomic mass is 10.0. The minimum Gasteiger partial charge on any atom is -0.465 e. The van der Waals surface area contributed by atoms with Gasteiger partial charge >= 0.3 is 6.09 Å². The van der Waals surface area contributed by atoms with Gasteiger partial charge in [-0.2, -0.15) is 0 Å². The maximum atomic E-state index is 14.7. The number of piperidine rings is 1. The van der Waals surface area contributed by atoms with E-state index >= 15 is 0 Å². The minimum absolute atomic E-state index is 0.0559. The molecule has 0 radical (unpaired) electrons. The van der Waals surface area contributed by atoms with Gasteiger partial charge in [-0.25, -0.2) is 9.18 Å². The monoisotopic (exact) mass is 390 g/mol. The molecule has 3 heterocycles. The average molecular weight is 391 g/mol. The number of benzene rings is 1. The molecule has 2 aliphatic heterocycles. The van der Waals surface area contributed by atoms with Gasteiger partial charge in [-0.3, -0.25) is 4.98 Å². The van der Waals surface area contributed by atoms with Gasteiger partial charge in [0.05, 0.1) is 5.02 Å². The fourth-order valence-electron chi connectivity index (χ4n) is 4.34. The van der Waals surface area contributed by atoms with Crippen LogP contribution in [0.25, 0.3) is 0 Å². The number of pyridine rings is 1. The molecule has 1 aliphatic carbocycles. The van der Waals surface area contributed by atoms with Crippen LogP contribution >= 0.6 is 11.6 Å². The maximum absolute atomic E-state index is 14.7. The molecular formula is C19H16ClFN2O4. The van der Waals surface area contributed by atoms with Crippen LogP contribution in [0, 0.1) is 17.7 Å². The van der Waals surface area contributed by atoms with Crippen LogP contribution in [0.1, 0.15) is 24.1 Å². The van der Waals surface area contributed by atoms with Gasteiger partial charge in [-0.15, -0.1) is 0 Å². The van der Waals surface area contributed by atoms with Crippen molar-refractivity contribution in [2.75, 3.05) is 13.1 Å². The number of fused-ring (bicyclic) bond motifs is 2. The zero-order chi connectivity index (χ0) is 18.9. The van der Waals surface area contributed by atoms with Crippen molar-refractivity contribution in [2.45, 2.75) is 18.6 Å². The molecule has 2 aromatic rings. The van der Waals surface area contributed by atoms with Crippen molar-refractivity contribution in [1.82, 2.24) is 9.88 Å². The number of halogens is 2. The Kier molecular flexibility index (Phi) is 3.37. The summed E-state index contributed by atoms with van der Waals surface area (Å²) in [6.45, 7) is 2.57. The van der Waals surface area contributed by atoms with Crippen LogP contribution in [-0.2, 0) is 5.79 Å². The Balaban J connectivity index is 1.46. The fraction of sp³-hybridized carbons (Fsp3) is 0.368. The number of nitrogens with zero attached hydrogens (tertiary/aromatic N) is 2. The van der Waals surface area contributed by atoms with Crippen molar-refractivity contribution < 1.29 is 23.8 Å². The first kappa shape index (κ1) is 16.6. The van der Waals surface area contributed by atoms with E-state index in [2.05, 4.69) is 4.98 Å². The number of ether oxygens (including phenoxy) is 2. The summed E-state index contributed by atoms with van der Waals surface area (Å²) in [5.41, 5.74) is 1.01. The van der Waals surface area contributed by atoms with E-state index in [4.69, 9.17) is 26.2 Å². The van der Waals surface area contributed by atoms with Gasteiger partial charge in [0.15, 0.2) is 11.5 Å². The highest BCUT2D eigenvalue weighted by Gasteiger charge is 2.60. The minimum atomic E-state index is -1.17. The zero-order valence-electron chi connectivity index (χ0n) is 14.4. The van der Waals surface area contributed by atoms with Gasteiger partial charge < -0.3 is 19.5 Å². The number of rotatable bonds is 2. The van der Waals surface area contributed by atoms with Crippen LogP contribution < -0.4 is 9.47 Å². The molecule has 27 heavy (non-hydrogen) atoms. The maximum Gasteiger partial charge on any atom is 0.407 e. The number of amides is 1. The molecule has 2 fully saturated rings. The Hall–Kier alpha value is -2.54. The quantitative estimate of drug-likeness (QED) is 0.843. The standard InChI is InChI=1S/C19H16ClFN2O4/c1-19(14-5-2-9(20)6-22-14)26-13-4-3-12(21)16(17(13)27-19)15-10-7-23(18(24)25)8-11(10)15/h2-6,10-11,15H,7-8H2,1H3,(H,24,25)/t10-,11+,15?,19?. The molecule has 6 nitrogen and oxygen atoms in total. The highest BCUT2D eigenvalue weighted by Crippen LogP contribution is 2.63. The summed E-state index contributed by atoms with van der Waals surface area (Å²) in [4.78, 5) is 16.8. The molecule has 4 atom stereocenters. The number of likely N-dealkylation sites (tertiary alicyclic amines) is 1. The van der Waals surface area contributed by atoms with Crippen molar-refractivity contribution >= 4 is 17.7 Å². The first-order chi connectivity index (χ1) is 12.9. The molecular weight excluding hydrogens is 375 g/mol. The van der Waals surface area contributed by atoms with Gasteiger partial charge in [-0.1, -0.05) is 11.6 Å². The smallest absolute Gasteiger partial charge is 0.407 e. The molecule has 1 aromatic heterocycles. The predicted octanol–water partition coefficient (Wildman–Crippen LogP) is 3.84. The van der Waals surface area contributed by atoms with Gasteiger partial charge in [0.25, 0.3) is 5.79 Å². The number of hydrogen-bond donors (Lipinski definition) is 1. The molecule has 5 rings (SSSR count). The van der Waals surface area contributed by atoms with E-state index in [1.807, 2.05) is 0 Å². The normalized spacial score (nSPS) is 30.3. The summed E-state index contributed by atoms with van der Waals surface area (Å²) in [7, 11) is 0. The van der Waals surface area contributed by atoms with Crippen molar-refractivity contribution in [2.24, 2.45) is 11.8 Å². The van der Waals surface area contributed by atoms with Gasteiger partial charge in [0.2, 0.25) is 0 Å². The van der Waals surface area contributed by atoms with Crippen LogP contribution in [0.2, 0.25) is 5.02 Å². The lowest BCUT2D eigenvalue weighted by molar-refractivity contribution is -0.0721. The van der Waals surface area contributed by atoms with Crippen molar-refractivity contribution in [3.8, 4) is 11.5 Å². The Morgan fingerprint density at radius 2 is 2.04 bits per heavy atom. The number of carboxylic acid groups (broad SMARTS) is 1. The molecule has 1 N–H and O–H groups in total. The summed E-state index contributed by atoms with van der Waals surface area (Å²) in [6, 6.07) is 6.33. The fourth-order valence-corrected chi connectivity index (χ4v) is 4.45. The van der Waals surface area contributed by atoms with Crippen molar-refractivity contribution in [1.29, 1.82) is 0 Å². The summed E-state index contributed by atoms with van der Waals surface area (Å²) >= 11 is 5.90. The highest BCUT2D eigenvalue weighted by atomic mass is 35.5. The molecule has 1 aromatic carbocycles. The molecule has 1 saturated heterocycles. The highest BCUT2D eigenvalue weighted by molar-refractivity contribution is 6.30. The lowest BCUT2D eigenvalue weighted by Crippen LogP contribution is -2.32. The summed E-state index contributed by atoms with van der Waals surface area (Å²) in [6.07, 6.45) is 0.575. The second kappa shape index (κ2) is 5.48. The average Bonchev–Trinajstić information content (AvgIpc) is 2.97. The predicted molar refractivity (Wildman–Crippen MR) is 93.6 cm³/mol. The van der Waals surface area contributed by atoms with E-state index in [0.717, 1.165) is 0 Å². The van der Waals surface area contributed by atoms with Crippen molar-refractivity contribution in [3.05, 3.63) is 52.6 Å². The summed E-state index contributed by atoms with van der Waals surface area (Å²) in [5.74, 6) is -0.502. The zero-order valence-corrected chi connectivity index (χ0v) is 15.1. The molecule has 140 valence electrons. The first-order valence-corrected chi connectivity index (χ1v) is 9.05. The third kappa shape index (κ3) is 2.45. The molecule has 1 amide bonds. The molecule has 0 spiro atoms. The SMILES string of the molecule is CC1(c2ccc(Cl)cn2)Oc2ccc(F)c(C3[C@H]4CN(C(=O)O)C[C@@H]34)c2O1. The number of carbonyl (C=O) groups is 1. The van der Waals surface area contributed by atoms with Crippen LogP contribution in [0.4, 0.5) is 9.18 Å². The largest absolute Gasteiger partial charge is 0.465 e. The third-order valence-corrected chi connectivity index (χ3v) is 5.92. The third-order valence-electron chi connectivity index (χ3n) is 5.70. The topological polar surface area (TPSA) is 71.9 Å². The molecule has 3 aliphatic rings. The van der Waals surface area contributed by atoms with Crippen molar-refractivity contribution in [3.63, 3.8) is 0 Å². The number of hydrogen-bond acceptors (Lipinski definition) is 4. The van der Waals surface area contributed by atoms with E-state index in [0.29, 0.717) is 40.9 Å². The van der Waals surface area contributed by atoms with E-state index in [9.17, 15) is 9.18 Å². The lowest BCUT2D eigenvalue weighted by Gasteiger charge is -2.22. The van der Waals surface area contributed by atoms with E-state index < -0.39 is 11.9 Å². The molecule has 8 heteroatoms. The Morgan fingerprint density at radius 1 is 1.30 bits per heavy atom. The molecule has 0 bridgehead atoms. The van der Waals surface area contributed by atoms with Crippen LogP contribution in [0.15, 0.2) is 30.5 Å².